The molecule has 1 aromatic carbocycles. The van der Waals surface area contributed by atoms with Crippen LogP contribution >= 0.6 is 0 Å². The molecule has 0 radical (unpaired) electrons. The minimum absolute atomic E-state index is 0.130. The maximum Gasteiger partial charge on any atom is 0.245 e. The highest BCUT2D eigenvalue weighted by Crippen LogP contribution is 2.29. The van der Waals surface area contributed by atoms with Gasteiger partial charge in [0.2, 0.25) is 15.9 Å². The van der Waals surface area contributed by atoms with Crippen molar-refractivity contribution in [3.05, 3.63) is 30.1 Å². The molecule has 1 atom stereocenters. The summed E-state index contributed by atoms with van der Waals surface area (Å²) in [5.41, 5.74) is 0. The van der Waals surface area contributed by atoms with E-state index in [1.54, 1.807) is 0 Å². The van der Waals surface area contributed by atoms with E-state index in [2.05, 4.69) is 6.92 Å². The van der Waals surface area contributed by atoms with E-state index >= 15 is 0 Å². The van der Waals surface area contributed by atoms with Crippen LogP contribution in [0.5, 0.6) is 0 Å². The topological polar surface area (TPSA) is 57.7 Å². The van der Waals surface area contributed by atoms with E-state index < -0.39 is 15.8 Å². The van der Waals surface area contributed by atoms with Gasteiger partial charge in [0.05, 0.1) is 0 Å². The maximum atomic E-state index is 13.9. The second-order valence-corrected chi connectivity index (χ2v) is 9.10. The van der Waals surface area contributed by atoms with Gasteiger partial charge in [-0.15, -0.1) is 0 Å². The van der Waals surface area contributed by atoms with Crippen molar-refractivity contribution in [2.24, 2.45) is 5.92 Å². The van der Waals surface area contributed by atoms with Crippen molar-refractivity contribution < 1.29 is 17.6 Å². The van der Waals surface area contributed by atoms with Crippen LogP contribution in [-0.4, -0.2) is 49.2 Å². The first kappa shape index (κ1) is 19.3. The molecule has 26 heavy (non-hydrogen) atoms. The van der Waals surface area contributed by atoms with Crippen molar-refractivity contribution in [3.63, 3.8) is 0 Å². The fourth-order valence-electron chi connectivity index (χ4n) is 4.09. The molecule has 1 amide bonds. The fraction of sp³-hybridized carbons (Fsp3) is 0.632. The van der Waals surface area contributed by atoms with Gasteiger partial charge in [-0.05, 0) is 50.7 Å². The zero-order chi connectivity index (χ0) is 18.7. The van der Waals surface area contributed by atoms with Gasteiger partial charge in [0.15, 0.2) is 0 Å². The van der Waals surface area contributed by atoms with E-state index in [0.717, 1.165) is 31.9 Å². The fourth-order valence-corrected chi connectivity index (χ4v) is 5.62. The third kappa shape index (κ3) is 3.78. The molecule has 5 nitrogen and oxygen atoms in total. The van der Waals surface area contributed by atoms with Gasteiger partial charge in [-0.1, -0.05) is 19.1 Å². The Balaban J connectivity index is 1.65. The highest BCUT2D eigenvalue weighted by atomic mass is 32.2. The average molecular weight is 383 g/mol. The number of benzene rings is 1. The highest BCUT2D eigenvalue weighted by Gasteiger charge is 2.36. The number of carbonyl (C=O) groups is 1. The minimum Gasteiger partial charge on any atom is -0.339 e. The van der Waals surface area contributed by atoms with Crippen molar-refractivity contribution in [1.82, 2.24) is 9.21 Å². The maximum absolute atomic E-state index is 13.9. The van der Waals surface area contributed by atoms with Crippen LogP contribution < -0.4 is 0 Å². The molecule has 0 N–H and O–H groups in total. The van der Waals surface area contributed by atoms with E-state index in [1.165, 1.54) is 28.9 Å². The van der Waals surface area contributed by atoms with Gasteiger partial charge in [-0.25, -0.2) is 12.8 Å². The molecule has 7 heteroatoms. The monoisotopic (exact) mass is 382 g/mol. The SMILES string of the molecule is CCC1CCCCN1C(=O)C1CCN(S(=O)(=O)c2ccccc2F)CC1. The largest absolute Gasteiger partial charge is 0.339 e. The van der Waals surface area contributed by atoms with Gasteiger partial charge in [0.25, 0.3) is 0 Å². The van der Waals surface area contributed by atoms with E-state index in [0.29, 0.717) is 18.9 Å². The van der Waals surface area contributed by atoms with Crippen LogP contribution in [0.4, 0.5) is 4.39 Å². The molecule has 0 spiro atoms. The van der Waals surface area contributed by atoms with Gasteiger partial charge >= 0.3 is 0 Å². The van der Waals surface area contributed by atoms with Crippen molar-refractivity contribution in [1.29, 1.82) is 0 Å². The Labute approximate surface area is 155 Å². The Morgan fingerprint density at radius 2 is 1.81 bits per heavy atom. The number of amides is 1. The van der Waals surface area contributed by atoms with Crippen LogP contribution in [0.2, 0.25) is 0 Å². The summed E-state index contributed by atoms with van der Waals surface area (Å²) in [5, 5.41) is 0. The molecule has 2 saturated heterocycles. The van der Waals surface area contributed by atoms with E-state index in [9.17, 15) is 17.6 Å². The lowest BCUT2D eigenvalue weighted by Gasteiger charge is -2.39. The molecule has 0 aromatic heterocycles. The molecule has 0 saturated carbocycles. The molecular formula is C19H27FN2O3S. The zero-order valence-corrected chi connectivity index (χ0v) is 16.0. The molecular weight excluding hydrogens is 355 g/mol. The molecule has 2 heterocycles. The van der Waals surface area contributed by atoms with Gasteiger partial charge in [-0.3, -0.25) is 4.79 Å². The lowest BCUT2D eigenvalue weighted by molar-refractivity contribution is -0.140. The van der Waals surface area contributed by atoms with Crippen molar-refractivity contribution in [2.75, 3.05) is 19.6 Å². The summed E-state index contributed by atoms with van der Waals surface area (Å²) < 4.78 is 40.6. The molecule has 2 fully saturated rings. The molecule has 1 aromatic rings. The number of halogens is 1. The van der Waals surface area contributed by atoms with E-state index in [4.69, 9.17) is 0 Å². The molecule has 0 bridgehead atoms. The van der Waals surface area contributed by atoms with Crippen LogP contribution in [0.1, 0.15) is 45.4 Å². The summed E-state index contributed by atoms with van der Waals surface area (Å²) in [7, 11) is -3.85. The van der Waals surface area contributed by atoms with Crippen molar-refractivity contribution in [3.8, 4) is 0 Å². The first-order valence-corrected chi connectivity index (χ1v) is 10.9. The van der Waals surface area contributed by atoms with Crippen LogP contribution in [0, 0.1) is 11.7 Å². The smallest absolute Gasteiger partial charge is 0.245 e. The summed E-state index contributed by atoms with van der Waals surface area (Å²) in [6.45, 7) is 3.44. The van der Waals surface area contributed by atoms with Crippen LogP contribution in [0.25, 0.3) is 0 Å². The second-order valence-electron chi connectivity index (χ2n) is 7.20. The Morgan fingerprint density at radius 1 is 1.12 bits per heavy atom. The Kier molecular flexibility index (Phi) is 5.97. The predicted octanol–water partition coefficient (Wildman–Crippen LogP) is 3.02. The number of nitrogens with zero attached hydrogens (tertiary/aromatic N) is 2. The Bertz CT molecular complexity index is 745. The third-order valence-electron chi connectivity index (χ3n) is 5.64. The number of hydrogen-bond acceptors (Lipinski definition) is 3. The first-order chi connectivity index (χ1) is 12.4. The number of piperidine rings is 2. The van der Waals surface area contributed by atoms with Crippen LogP contribution in [-0.2, 0) is 14.8 Å². The van der Waals surface area contributed by atoms with Crippen LogP contribution in [0.3, 0.4) is 0 Å². The molecule has 144 valence electrons. The number of sulfonamides is 1. The lowest BCUT2D eigenvalue weighted by atomic mass is 9.92. The average Bonchev–Trinajstić information content (AvgIpc) is 2.67. The summed E-state index contributed by atoms with van der Waals surface area (Å²) in [6.07, 6.45) is 5.23. The molecule has 3 rings (SSSR count). The third-order valence-corrected chi connectivity index (χ3v) is 7.57. The lowest BCUT2D eigenvalue weighted by Crippen LogP contribution is -2.49. The number of rotatable bonds is 4. The second kappa shape index (κ2) is 8.05. The normalized spacial score (nSPS) is 23.2. The number of hydrogen-bond donors (Lipinski definition) is 0. The molecule has 2 aliphatic rings. The quantitative estimate of drug-likeness (QED) is 0.804. The Morgan fingerprint density at radius 3 is 2.46 bits per heavy atom. The van der Waals surface area contributed by atoms with Crippen molar-refractivity contribution in [2.45, 2.75) is 56.4 Å². The Hall–Kier alpha value is -1.47. The summed E-state index contributed by atoms with van der Waals surface area (Å²) in [4.78, 5) is 14.6. The van der Waals surface area contributed by atoms with Gasteiger partial charge in [-0.2, -0.15) is 4.31 Å². The van der Waals surface area contributed by atoms with Crippen LogP contribution in [0.15, 0.2) is 29.2 Å². The van der Waals surface area contributed by atoms with Crippen molar-refractivity contribution >= 4 is 15.9 Å². The summed E-state index contributed by atoms with van der Waals surface area (Å²) in [5.74, 6) is -0.696. The standard InChI is InChI=1S/C19H27FN2O3S/c1-2-16-7-5-6-12-22(16)19(23)15-10-13-21(14-11-15)26(24,25)18-9-4-3-8-17(18)20/h3-4,8-9,15-16H,2,5-7,10-14H2,1H3. The minimum atomic E-state index is -3.85. The van der Waals surface area contributed by atoms with E-state index in [1.807, 2.05) is 4.90 Å². The van der Waals surface area contributed by atoms with Gasteiger partial charge < -0.3 is 4.90 Å². The molecule has 0 aliphatic carbocycles. The van der Waals surface area contributed by atoms with Gasteiger partial charge in [0, 0.05) is 31.6 Å². The molecule has 1 unspecified atom stereocenters. The predicted molar refractivity (Wildman–Crippen MR) is 97.5 cm³/mol. The first-order valence-electron chi connectivity index (χ1n) is 9.50. The zero-order valence-electron chi connectivity index (χ0n) is 15.2. The number of carbonyl (C=O) groups excluding carboxylic acids is 1. The summed E-state index contributed by atoms with van der Waals surface area (Å²) in [6, 6.07) is 5.76. The molecule has 2 aliphatic heterocycles. The summed E-state index contributed by atoms with van der Waals surface area (Å²) >= 11 is 0. The number of likely N-dealkylation sites (tertiary alicyclic amines) is 1. The van der Waals surface area contributed by atoms with E-state index in [-0.39, 0.29) is 29.8 Å². The van der Waals surface area contributed by atoms with Gasteiger partial charge in [0.1, 0.15) is 10.7 Å². The highest BCUT2D eigenvalue weighted by molar-refractivity contribution is 7.89.